The molecule has 86 valence electrons. The molecule has 0 spiro atoms. The Morgan fingerprint density at radius 2 is 1.29 bits per heavy atom. The third kappa shape index (κ3) is 17.3. The molecule has 0 saturated heterocycles. The van der Waals surface area contributed by atoms with Gasteiger partial charge in [0.1, 0.15) is 0 Å². The van der Waals surface area contributed by atoms with Crippen LogP contribution in [0.2, 0.25) is 0 Å². The molecule has 0 aliphatic heterocycles. The van der Waals surface area contributed by atoms with Gasteiger partial charge in [-0.05, 0) is 27.7 Å². The van der Waals surface area contributed by atoms with Crippen molar-refractivity contribution in [3.05, 3.63) is 0 Å². The van der Waals surface area contributed by atoms with E-state index in [0.29, 0.717) is 0 Å². The van der Waals surface area contributed by atoms with Crippen LogP contribution >= 0.6 is 0 Å². The minimum Gasteiger partial charge on any atom is -0.432 e. The van der Waals surface area contributed by atoms with Gasteiger partial charge in [-0.15, -0.1) is 0 Å². The summed E-state index contributed by atoms with van der Waals surface area (Å²) in [5, 5.41) is 15.2. The van der Waals surface area contributed by atoms with Crippen molar-refractivity contribution in [1.82, 2.24) is 0 Å². The van der Waals surface area contributed by atoms with Crippen LogP contribution < -0.4 is 0 Å². The normalized spacial score (nSPS) is 9.43. The van der Waals surface area contributed by atoms with Crippen LogP contribution in [0.1, 0.15) is 27.7 Å². The smallest absolute Gasteiger partial charge is 0.432 e. The van der Waals surface area contributed by atoms with Gasteiger partial charge in [-0.25, -0.2) is 4.79 Å². The molecule has 0 atom stereocenters. The van der Waals surface area contributed by atoms with E-state index in [0.717, 1.165) is 0 Å². The summed E-state index contributed by atoms with van der Waals surface area (Å²) in [6.45, 7) is 6.87. The summed E-state index contributed by atoms with van der Waals surface area (Å²) in [5.41, 5.74) is 0. The molecule has 14 heavy (non-hydrogen) atoms. The summed E-state index contributed by atoms with van der Waals surface area (Å²) < 4.78 is 9.40. The molecule has 0 aliphatic carbocycles. The van der Waals surface area contributed by atoms with Crippen LogP contribution in [0.15, 0.2) is 0 Å². The van der Waals surface area contributed by atoms with E-state index in [1.165, 1.54) is 0 Å². The van der Waals surface area contributed by atoms with Gasteiger partial charge in [0.05, 0.1) is 25.4 Å². The minimum absolute atomic E-state index is 0.105. The maximum atomic E-state index is 10.6. The third-order valence-corrected chi connectivity index (χ3v) is 0.764. The summed E-state index contributed by atoms with van der Waals surface area (Å²) >= 11 is 0. The lowest BCUT2D eigenvalue weighted by Crippen LogP contribution is -2.16. The SMILES string of the molecule is CC(C)OC(=O)OC(C)C.OCCO. The molecule has 0 aromatic carbocycles. The maximum absolute atomic E-state index is 10.6. The van der Waals surface area contributed by atoms with Crippen molar-refractivity contribution in [2.75, 3.05) is 13.2 Å². The number of carbonyl (C=O) groups is 1. The van der Waals surface area contributed by atoms with Gasteiger partial charge in [0, 0.05) is 0 Å². The van der Waals surface area contributed by atoms with Gasteiger partial charge < -0.3 is 19.7 Å². The van der Waals surface area contributed by atoms with E-state index >= 15 is 0 Å². The topological polar surface area (TPSA) is 76.0 Å². The highest BCUT2D eigenvalue weighted by Gasteiger charge is 2.07. The Morgan fingerprint density at radius 3 is 1.43 bits per heavy atom. The van der Waals surface area contributed by atoms with Crippen molar-refractivity contribution >= 4 is 6.16 Å². The van der Waals surface area contributed by atoms with E-state index in [4.69, 9.17) is 19.7 Å². The first-order valence-corrected chi connectivity index (χ1v) is 4.53. The number of aliphatic hydroxyl groups is 2. The molecule has 0 radical (unpaired) electrons. The first kappa shape index (κ1) is 15.7. The lowest BCUT2D eigenvalue weighted by molar-refractivity contribution is 0.0167. The Balaban J connectivity index is 0. The second-order valence-corrected chi connectivity index (χ2v) is 3.03. The van der Waals surface area contributed by atoms with E-state index in [2.05, 4.69) is 0 Å². The summed E-state index contributed by atoms with van der Waals surface area (Å²) in [4.78, 5) is 10.6. The average Bonchev–Trinajstić information content (AvgIpc) is 2.01. The molecule has 5 nitrogen and oxygen atoms in total. The van der Waals surface area contributed by atoms with Crippen molar-refractivity contribution < 1.29 is 24.5 Å². The molecular weight excluding hydrogens is 188 g/mol. The number of ether oxygens (including phenoxy) is 2. The van der Waals surface area contributed by atoms with Crippen molar-refractivity contribution in [3.8, 4) is 0 Å². The molecule has 0 rings (SSSR count). The monoisotopic (exact) mass is 208 g/mol. The highest BCUT2D eigenvalue weighted by atomic mass is 16.7. The fourth-order valence-electron chi connectivity index (χ4n) is 0.413. The van der Waals surface area contributed by atoms with Gasteiger partial charge in [-0.1, -0.05) is 0 Å². The molecule has 0 amide bonds. The van der Waals surface area contributed by atoms with Gasteiger partial charge in [0.2, 0.25) is 0 Å². The second-order valence-electron chi connectivity index (χ2n) is 3.03. The number of aliphatic hydroxyl groups excluding tert-OH is 2. The molecule has 0 heterocycles. The fraction of sp³-hybridized carbons (Fsp3) is 0.889. The Hall–Kier alpha value is -0.810. The van der Waals surface area contributed by atoms with Crippen molar-refractivity contribution in [2.24, 2.45) is 0 Å². The molecule has 0 bridgehead atoms. The Morgan fingerprint density at radius 1 is 1.00 bits per heavy atom. The number of hydrogen-bond donors (Lipinski definition) is 2. The molecule has 0 unspecified atom stereocenters. The number of rotatable bonds is 3. The number of hydrogen-bond acceptors (Lipinski definition) is 5. The fourth-order valence-corrected chi connectivity index (χ4v) is 0.413. The van der Waals surface area contributed by atoms with Gasteiger partial charge in [0.15, 0.2) is 0 Å². The lowest BCUT2D eigenvalue weighted by Gasteiger charge is -2.10. The molecule has 0 aromatic heterocycles. The zero-order valence-electron chi connectivity index (χ0n) is 9.19. The Labute approximate surface area is 84.6 Å². The highest BCUT2D eigenvalue weighted by Crippen LogP contribution is 1.95. The van der Waals surface area contributed by atoms with Crippen LogP contribution in [0.5, 0.6) is 0 Å². The molecule has 0 aliphatic rings. The first-order chi connectivity index (χ1) is 6.43. The quantitative estimate of drug-likeness (QED) is 0.675. The van der Waals surface area contributed by atoms with Crippen LogP contribution in [0.25, 0.3) is 0 Å². The standard InChI is InChI=1S/C7H14O3.C2H6O2/c1-5(2)9-7(8)10-6(3)4;3-1-2-4/h5-6H,1-4H3;3-4H,1-2H2. The van der Waals surface area contributed by atoms with Gasteiger partial charge in [0.25, 0.3) is 0 Å². The third-order valence-electron chi connectivity index (χ3n) is 0.764. The molecule has 0 aromatic rings. The van der Waals surface area contributed by atoms with Gasteiger partial charge >= 0.3 is 6.16 Å². The molecule has 5 heteroatoms. The van der Waals surface area contributed by atoms with E-state index in [1.54, 1.807) is 27.7 Å². The van der Waals surface area contributed by atoms with Crippen molar-refractivity contribution in [2.45, 2.75) is 39.9 Å². The summed E-state index contributed by atoms with van der Waals surface area (Å²) in [6.07, 6.45) is -0.803. The number of carbonyl (C=O) groups excluding carboxylic acids is 1. The summed E-state index contributed by atoms with van der Waals surface area (Å²) in [6, 6.07) is 0. The molecule has 2 N–H and O–H groups in total. The predicted octanol–water partition coefficient (Wildman–Crippen LogP) is 0.927. The van der Waals surface area contributed by atoms with Gasteiger partial charge in [-0.2, -0.15) is 0 Å². The lowest BCUT2D eigenvalue weighted by atomic mass is 10.5. The molecule has 0 fully saturated rings. The average molecular weight is 208 g/mol. The van der Waals surface area contributed by atoms with Crippen molar-refractivity contribution in [1.29, 1.82) is 0 Å². The first-order valence-electron chi connectivity index (χ1n) is 4.53. The summed E-state index contributed by atoms with van der Waals surface area (Å²) in [5.74, 6) is 0. The van der Waals surface area contributed by atoms with Crippen LogP contribution in [-0.2, 0) is 9.47 Å². The van der Waals surface area contributed by atoms with Crippen LogP contribution in [0.3, 0.4) is 0 Å². The van der Waals surface area contributed by atoms with Crippen LogP contribution in [0.4, 0.5) is 4.79 Å². The van der Waals surface area contributed by atoms with Crippen molar-refractivity contribution in [3.63, 3.8) is 0 Å². The Bertz CT molecular complexity index is 119. The zero-order valence-corrected chi connectivity index (χ0v) is 9.19. The predicted molar refractivity (Wildman–Crippen MR) is 52.0 cm³/mol. The largest absolute Gasteiger partial charge is 0.508 e. The zero-order chi connectivity index (χ0) is 11.6. The van der Waals surface area contributed by atoms with E-state index in [9.17, 15) is 4.79 Å². The molecular formula is C9H20O5. The Kier molecular flexibility index (Phi) is 11.5. The van der Waals surface area contributed by atoms with Gasteiger partial charge in [-0.3, -0.25) is 0 Å². The van der Waals surface area contributed by atoms with Crippen LogP contribution in [-0.4, -0.2) is 41.8 Å². The highest BCUT2D eigenvalue weighted by molar-refractivity contribution is 5.60. The minimum atomic E-state index is -0.593. The summed E-state index contributed by atoms with van der Waals surface area (Å²) in [7, 11) is 0. The van der Waals surface area contributed by atoms with Crippen LogP contribution in [0, 0.1) is 0 Å². The van der Waals surface area contributed by atoms with E-state index in [1.807, 2.05) is 0 Å². The van der Waals surface area contributed by atoms with E-state index in [-0.39, 0.29) is 25.4 Å². The second kappa shape index (κ2) is 10.3. The molecule has 0 saturated carbocycles. The maximum Gasteiger partial charge on any atom is 0.508 e. The van der Waals surface area contributed by atoms with E-state index < -0.39 is 6.16 Å².